The fourth-order valence-corrected chi connectivity index (χ4v) is 3.81. The van der Waals surface area contributed by atoms with E-state index in [1.165, 1.54) is 0 Å². The molecule has 0 saturated carbocycles. The summed E-state index contributed by atoms with van der Waals surface area (Å²) in [6.07, 6.45) is 5.86. The summed E-state index contributed by atoms with van der Waals surface area (Å²) >= 11 is 6.42. The Balaban J connectivity index is 2.30. The summed E-state index contributed by atoms with van der Waals surface area (Å²) in [4.78, 5) is 12.2. The van der Waals surface area contributed by atoms with E-state index in [4.69, 9.17) is 11.6 Å². The Morgan fingerprint density at radius 2 is 2.27 bits per heavy atom. The molecule has 0 amide bonds. The smallest absolute Gasteiger partial charge is 0.196 e. The average molecular weight is 310 g/mol. The minimum atomic E-state index is -0.453. The lowest BCUT2D eigenvalue weighted by molar-refractivity contribution is -0.111. The highest BCUT2D eigenvalue weighted by atomic mass is 35.5. The third-order valence-corrected chi connectivity index (χ3v) is 5.06. The quantitative estimate of drug-likeness (QED) is 0.746. The Hall–Kier alpha value is -2.11. The Labute approximate surface area is 135 Å². The van der Waals surface area contributed by atoms with E-state index < -0.39 is 5.41 Å². The molecule has 1 aromatic carbocycles. The van der Waals surface area contributed by atoms with Crippen LogP contribution >= 0.6 is 11.6 Å². The molecule has 2 aliphatic carbocycles. The van der Waals surface area contributed by atoms with Crippen LogP contribution in [0.5, 0.6) is 0 Å². The molecule has 0 spiro atoms. The number of halogens is 1. The predicted molar refractivity (Wildman–Crippen MR) is 88.3 cm³/mol. The van der Waals surface area contributed by atoms with Crippen LogP contribution in [0.15, 0.2) is 48.1 Å². The van der Waals surface area contributed by atoms with Crippen molar-refractivity contribution in [3.05, 3.63) is 64.2 Å². The van der Waals surface area contributed by atoms with Crippen molar-refractivity contribution in [2.75, 3.05) is 0 Å². The number of rotatable bonds is 2. The average Bonchev–Trinajstić information content (AvgIpc) is 2.53. The van der Waals surface area contributed by atoms with Crippen molar-refractivity contribution in [2.45, 2.75) is 26.2 Å². The van der Waals surface area contributed by atoms with Crippen LogP contribution in [0.25, 0.3) is 5.57 Å². The Morgan fingerprint density at radius 1 is 1.50 bits per heavy atom. The SMILES string of the molecule is C=C(CC)C12C=C(C#N)C(=O)C=C1c1c(Cl)cccc1CC2. The molecule has 0 N–H and O–H groups in total. The van der Waals surface area contributed by atoms with Gasteiger partial charge < -0.3 is 0 Å². The van der Waals surface area contributed by atoms with Crippen molar-refractivity contribution in [3.8, 4) is 6.07 Å². The third-order valence-electron chi connectivity index (χ3n) is 4.75. The zero-order valence-corrected chi connectivity index (χ0v) is 13.2. The first kappa shape index (κ1) is 14.8. The van der Waals surface area contributed by atoms with E-state index in [0.29, 0.717) is 5.02 Å². The number of ketones is 1. The van der Waals surface area contributed by atoms with Crippen molar-refractivity contribution in [1.29, 1.82) is 5.26 Å². The highest BCUT2D eigenvalue weighted by Crippen LogP contribution is 2.54. The first-order valence-electron chi connectivity index (χ1n) is 7.39. The second kappa shape index (κ2) is 5.26. The topological polar surface area (TPSA) is 40.9 Å². The molecule has 2 aliphatic rings. The molecule has 0 bridgehead atoms. The highest BCUT2D eigenvalue weighted by Gasteiger charge is 2.43. The van der Waals surface area contributed by atoms with Crippen LogP contribution in [0.4, 0.5) is 0 Å². The van der Waals surface area contributed by atoms with Gasteiger partial charge in [-0.2, -0.15) is 5.26 Å². The molecule has 0 aliphatic heterocycles. The second-order valence-corrected chi connectivity index (χ2v) is 6.20. The first-order valence-corrected chi connectivity index (χ1v) is 7.76. The van der Waals surface area contributed by atoms with Crippen LogP contribution < -0.4 is 0 Å². The second-order valence-electron chi connectivity index (χ2n) is 5.79. The van der Waals surface area contributed by atoms with Crippen LogP contribution in [0.1, 0.15) is 30.9 Å². The zero-order chi connectivity index (χ0) is 15.9. The maximum atomic E-state index is 12.2. The van der Waals surface area contributed by atoms with E-state index in [1.807, 2.05) is 31.2 Å². The van der Waals surface area contributed by atoms with Crippen LogP contribution in [0, 0.1) is 16.7 Å². The predicted octanol–water partition coefficient (Wildman–Crippen LogP) is 4.65. The van der Waals surface area contributed by atoms with E-state index in [-0.39, 0.29) is 11.4 Å². The van der Waals surface area contributed by atoms with E-state index >= 15 is 0 Å². The summed E-state index contributed by atoms with van der Waals surface area (Å²) in [5.74, 6) is -0.246. The van der Waals surface area contributed by atoms with Gasteiger partial charge in [-0.05, 0) is 48.6 Å². The fourth-order valence-electron chi connectivity index (χ4n) is 3.52. The lowest BCUT2D eigenvalue weighted by Crippen LogP contribution is -2.32. The Bertz CT molecular complexity index is 794. The Kier molecular flexibility index (Phi) is 3.54. The van der Waals surface area contributed by atoms with Gasteiger partial charge in [0.25, 0.3) is 0 Å². The summed E-state index contributed by atoms with van der Waals surface area (Å²) in [6, 6.07) is 7.85. The van der Waals surface area contributed by atoms with Crippen LogP contribution in [0.3, 0.4) is 0 Å². The van der Waals surface area contributed by atoms with Gasteiger partial charge in [-0.15, -0.1) is 0 Å². The van der Waals surface area contributed by atoms with Gasteiger partial charge in [-0.25, -0.2) is 0 Å². The number of allylic oxidation sites excluding steroid dienone is 5. The molecule has 0 heterocycles. The van der Waals surface area contributed by atoms with E-state index in [0.717, 1.165) is 41.5 Å². The molecule has 0 fully saturated rings. The number of hydrogen-bond donors (Lipinski definition) is 0. The monoisotopic (exact) mass is 309 g/mol. The van der Waals surface area contributed by atoms with E-state index in [9.17, 15) is 10.1 Å². The molecule has 0 saturated heterocycles. The number of carbonyl (C=O) groups excluding carboxylic acids is 1. The molecule has 1 atom stereocenters. The molecular formula is C19H16ClNO. The molecule has 3 heteroatoms. The van der Waals surface area contributed by atoms with Gasteiger partial charge in [0.05, 0.1) is 5.57 Å². The maximum Gasteiger partial charge on any atom is 0.196 e. The molecule has 3 rings (SSSR count). The van der Waals surface area contributed by atoms with Crippen molar-refractivity contribution in [2.24, 2.45) is 5.41 Å². The van der Waals surface area contributed by atoms with Crippen molar-refractivity contribution < 1.29 is 4.79 Å². The van der Waals surface area contributed by atoms with Crippen molar-refractivity contribution in [1.82, 2.24) is 0 Å². The minimum absolute atomic E-state index is 0.203. The van der Waals surface area contributed by atoms with Crippen LogP contribution in [-0.4, -0.2) is 5.78 Å². The largest absolute Gasteiger partial charge is 0.288 e. The summed E-state index contributed by atoms with van der Waals surface area (Å²) < 4.78 is 0. The van der Waals surface area contributed by atoms with E-state index in [1.54, 1.807) is 6.08 Å². The van der Waals surface area contributed by atoms with Crippen LogP contribution in [0.2, 0.25) is 5.02 Å². The molecular weight excluding hydrogens is 294 g/mol. The first-order chi connectivity index (χ1) is 10.5. The van der Waals surface area contributed by atoms with Crippen molar-refractivity contribution in [3.63, 3.8) is 0 Å². The molecule has 0 radical (unpaired) electrons. The molecule has 110 valence electrons. The third kappa shape index (κ3) is 1.97. The van der Waals surface area contributed by atoms with Gasteiger partial charge in [0, 0.05) is 16.0 Å². The van der Waals surface area contributed by atoms with E-state index in [2.05, 4.69) is 12.6 Å². The number of hydrogen-bond acceptors (Lipinski definition) is 2. The summed E-state index contributed by atoms with van der Waals surface area (Å²) in [5, 5.41) is 9.90. The number of carbonyl (C=O) groups is 1. The summed E-state index contributed by atoms with van der Waals surface area (Å²) in [7, 11) is 0. The Morgan fingerprint density at radius 3 is 2.95 bits per heavy atom. The van der Waals surface area contributed by atoms with Gasteiger partial charge in [0.15, 0.2) is 5.78 Å². The van der Waals surface area contributed by atoms with Gasteiger partial charge in [0.1, 0.15) is 6.07 Å². The van der Waals surface area contributed by atoms with Gasteiger partial charge in [-0.3, -0.25) is 4.79 Å². The fraction of sp³-hybridized carbons (Fsp3) is 0.263. The molecule has 1 unspecified atom stereocenters. The minimum Gasteiger partial charge on any atom is -0.288 e. The number of nitriles is 1. The molecule has 2 nitrogen and oxygen atoms in total. The van der Waals surface area contributed by atoms with Crippen molar-refractivity contribution >= 4 is 23.0 Å². The van der Waals surface area contributed by atoms with Gasteiger partial charge in [0.2, 0.25) is 0 Å². The number of fused-ring (bicyclic) bond motifs is 3. The zero-order valence-electron chi connectivity index (χ0n) is 12.4. The number of aryl methyl sites for hydroxylation is 1. The lowest BCUT2D eigenvalue weighted by atomic mass is 9.61. The maximum absolute atomic E-state index is 12.2. The van der Waals surface area contributed by atoms with Gasteiger partial charge >= 0.3 is 0 Å². The molecule has 1 aromatic rings. The van der Waals surface area contributed by atoms with Crippen LogP contribution in [-0.2, 0) is 11.2 Å². The summed E-state index contributed by atoms with van der Waals surface area (Å²) in [6.45, 7) is 6.27. The molecule has 22 heavy (non-hydrogen) atoms. The van der Waals surface area contributed by atoms with Gasteiger partial charge in [-0.1, -0.05) is 42.8 Å². The number of nitrogens with zero attached hydrogens (tertiary/aromatic N) is 1. The lowest BCUT2D eigenvalue weighted by Gasteiger charge is -2.42. The standard InChI is InChI=1S/C19H16ClNO/c1-3-12(2)19-8-7-13-5-4-6-16(20)18(13)15(19)9-17(22)14(10-19)11-21/h4-6,9-10H,2-3,7-8H2,1H3. The highest BCUT2D eigenvalue weighted by molar-refractivity contribution is 6.33. The summed E-state index contributed by atoms with van der Waals surface area (Å²) in [5.41, 5.74) is 3.76. The number of benzene rings is 1. The molecule has 0 aromatic heterocycles. The normalized spacial score (nSPS) is 22.9.